The van der Waals surface area contributed by atoms with Crippen LogP contribution in [0.15, 0.2) is 48.8 Å². The number of pyridine rings is 3. The molecular weight excluding hydrogens is 701 g/mol. The van der Waals surface area contributed by atoms with Crippen LogP contribution in [0, 0.1) is 11.6 Å². The molecule has 4 aromatic rings. The van der Waals surface area contributed by atoms with E-state index in [1.807, 2.05) is 4.90 Å². The van der Waals surface area contributed by atoms with Crippen LogP contribution in [-0.2, 0) is 22.7 Å². The summed E-state index contributed by atoms with van der Waals surface area (Å²) in [6, 6.07) is 9.83. The summed E-state index contributed by atoms with van der Waals surface area (Å²) in [5.41, 5.74) is 2.47. The van der Waals surface area contributed by atoms with Crippen LogP contribution in [0.4, 0.5) is 20.3 Å². The molecule has 51 heavy (non-hydrogen) atoms. The number of nitrogens with zero attached hydrogens (tertiary/aromatic N) is 4. The number of amides is 2. The van der Waals surface area contributed by atoms with E-state index in [0.717, 1.165) is 19.3 Å². The molecule has 3 aromatic heterocycles. The number of hydrogen-bond acceptors (Lipinski definition) is 9. The minimum atomic E-state index is -0.538. The first kappa shape index (κ1) is 36.4. The Labute approximate surface area is 304 Å². The summed E-state index contributed by atoms with van der Waals surface area (Å²) in [4.78, 5) is 38.2. The molecule has 11 nitrogen and oxygen atoms in total. The summed E-state index contributed by atoms with van der Waals surface area (Å²) >= 11 is 13.8. The number of carbonyl (C=O) groups is 2. The van der Waals surface area contributed by atoms with Crippen molar-refractivity contribution in [3.63, 3.8) is 0 Å². The van der Waals surface area contributed by atoms with Crippen LogP contribution in [0.2, 0.25) is 10.0 Å². The Kier molecular flexibility index (Phi) is 11.6. The highest BCUT2D eigenvalue weighted by atomic mass is 35.5. The van der Waals surface area contributed by atoms with Crippen molar-refractivity contribution in [1.29, 1.82) is 0 Å². The van der Waals surface area contributed by atoms with Crippen molar-refractivity contribution in [2.24, 2.45) is 0 Å². The molecule has 2 aliphatic heterocycles. The Morgan fingerprint density at radius 1 is 1.04 bits per heavy atom. The van der Waals surface area contributed by atoms with Crippen LogP contribution in [0.3, 0.4) is 0 Å². The minimum Gasteiger partial charge on any atom is -0.481 e. The lowest BCUT2D eigenvalue weighted by molar-refractivity contribution is -0.130. The number of anilines is 2. The number of nitrogens with one attached hydrogen (secondary N) is 4. The van der Waals surface area contributed by atoms with Crippen molar-refractivity contribution in [2.75, 3.05) is 32.1 Å². The van der Waals surface area contributed by atoms with E-state index in [4.69, 9.17) is 27.9 Å². The second-order valence-electron chi connectivity index (χ2n) is 12.5. The number of halogens is 4. The lowest BCUT2D eigenvalue weighted by Gasteiger charge is -2.31. The van der Waals surface area contributed by atoms with Crippen molar-refractivity contribution in [3.8, 4) is 28.4 Å². The van der Waals surface area contributed by atoms with Crippen molar-refractivity contribution in [2.45, 2.75) is 57.8 Å². The predicted molar refractivity (Wildman–Crippen MR) is 192 cm³/mol. The number of carbonyl (C=O) groups excluding carboxylic acids is 2. The third-order valence-electron chi connectivity index (χ3n) is 9.17. The van der Waals surface area contributed by atoms with Crippen molar-refractivity contribution in [3.05, 3.63) is 81.6 Å². The maximum absolute atomic E-state index is 15.7. The molecule has 0 bridgehead atoms. The minimum absolute atomic E-state index is 0.00176. The van der Waals surface area contributed by atoms with E-state index < -0.39 is 11.6 Å². The number of methoxy groups -OCH3 is 1. The fraction of sp³-hybridized carbons (Fsp3) is 0.361. The van der Waals surface area contributed by atoms with Gasteiger partial charge in [0.15, 0.2) is 11.6 Å². The summed E-state index contributed by atoms with van der Waals surface area (Å²) in [7, 11) is 1.41. The topological polar surface area (TPSA) is 133 Å². The van der Waals surface area contributed by atoms with Crippen molar-refractivity contribution < 1.29 is 23.1 Å². The summed E-state index contributed by atoms with van der Waals surface area (Å²) < 4.78 is 36.6. The third-order valence-corrected chi connectivity index (χ3v) is 9.96. The molecule has 15 heteroatoms. The highest BCUT2D eigenvalue weighted by Gasteiger charge is 2.24. The SMILES string of the molecule is COc1nc(-c2ccnc(-c3cccc(Nc4nccc(CNC5CCN(C(C)=O)CC5)c4F)c3Cl)c2Cl)cc(F)c1CNC[C@@H]1CCC(=O)N1. The van der Waals surface area contributed by atoms with E-state index in [-0.39, 0.29) is 63.4 Å². The number of hydrogen-bond donors (Lipinski definition) is 4. The highest BCUT2D eigenvalue weighted by molar-refractivity contribution is 6.39. The number of aromatic nitrogens is 3. The zero-order valence-corrected chi connectivity index (χ0v) is 29.7. The zero-order chi connectivity index (χ0) is 36.1. The number of likely N-dealkylation sites (tertiary alicyclic amines) is 1. The molecule has 4 N–H and O–H groups in total. The van der Waals surface area contributed by atoms with Crippen LogP contribution in [-0.4, -0.2) is 70.5 Å². The molecule has 2 aliphatic rings. The summed E-state index contributed by atoms with van der Waals surface area (Å²) in [5.74, 6) is -0.886. The predicted octanol–water partition coefficient (Wildman–Crippen LogP) is 6.01. The third kappa shape index (κ3) is 8.39. The van der Waals surface area contributed by atoms with Gasteiger partial charge in [-0.3, -0.25) is 14.6 Å². The largest absolute Gasteiger partial charge is 0.481 e. The second-order valence-corrected chi connectivity index (χ2v) is 13.3. The lowest BCUT2D eigenvalue weighted by Crippen LogP contribution is -2.44. The van der Waals surface area contributed by atoms with Gasteiger partial charge in [-0.1, -0.05) is 35.3 Å². The molecule has 1 atom stereocenters. The van der Waals surface area contributed by atoms with Gasteiger partial charge in [0.25, 0.3) is 0 Å². The van der Waals surface area contributed by atoms with Gasteiger partial charge in [0.2, 0.25) is 17.7 Å². The first-order chi connectivity index (χ1) is 24.6. The first-order valence-corrected chi connectivity index (χ1v) is 17.4. The quantitative estimate of drug-likeness (QED) is 0.138. The maximum Gasteiger partial charge on any atom is 0.221 e. The molecule has 0 aliphatic carbocycles. The van der Waals surface area contributed by atoms with Gasteiger partial charge < -0.3 is 30.9 Å². The molecular formula is C36H38Cl2F2N8O3. The lowest BCUT2D eigenvalue weighted by atomic mass is 10.0. The monoisotopic (exact) mass is 738 g/mol. The first-order valence-electron chi connectivity index (χ1n) is 16.7. The van der Waals surface area contributed by atoms with Crippen LogP contribution < -0.4 is 26.0 Å². The van der Waals surface area contributed by atoms with E-state index >= 15 is 8.78 Å². The molecule has 0 spiro atoms. The van der Waals surface area contributed by atoms with E-state index in [2.05, 4.69) is 36.2 Å². The Balaban J connectivity index is 1.18. The average molecular weight is 740 g/mol. The van der Waals surface area contributed by atoms with Gasteiger partial charge in [0, 0.05) is 93.3 Å². The average Bonchev–Trinajstić information content (AvgIpc) is 3.54. The van der Waals surface area contributed by atoms with Crippen LogP contribution in [0.25, 0.3) is 22.5 Å². The molecule has 2 saturated heterocycles. The van der Waals surface area contributed by atoms with Gasteiger partial charge in [0.05, 0.1) is 39.8 Å². The molecule has 0 radical (unpaired) electrons. The standard InChI is InChI=1S/C36H38Cl2F2N8O3/c1-20(49)48-14-10-22(11-15-48)44-17-21-8-12-43-35(33(21)40)46-28-5-3-4-25(31(28)37)34-32(38)24(9-13-42-34)29-16-27(39)26(36(47-29)51-2)19-41-18-23-6-7-30(50)45-23/h3-5,8-9,12-13,16,22-23,41,44H,6-7,10-11,14-15,17-19H2,1-2H3,(H,43,46)(H,45,50)/t23-/m0/s1. The summed E-state index contributed by atoms with van der Waals surface area (Å²) in [6.45, 7) is 3.84. The Hall–Kier alpha value is -4.43. The molecule has 0 saturated carbocycles. The Bertz CT molecular complexity index is 1930. The number of rotatable bonds is 12. The van der Waals surface area contributed by atoms with Gasteiger partial charge >= 0.3 is 0 Å². The van der Waals surface area contributed by atoms with Crippen LogP contribution in [0.5, 0.6) is 5.88 Å². The number of piperidine rings is 1. The van der Waals surface area contributed by atoms with Gasteiger partial charge in [-0.2, -0.15) is 0 Å². The van der Waals surface area contributed by atoms with E-state index in [1.54, 1.807) is 37.3 Å². The Morgan fingerprint density at radius 3 is 2.55 bits per heavy atom. The van der Waals surface area contributed by atoms with Crippen molar-refractivity contribution >= 4 is 46.5 Å². The van der Waals surface area contributed by atoms with E-state index in [0.29, 0.717) is 60.7 Å². The van der Waals surface area contributed by atoms with E-state index in [9.17, 15) is 9.59 Å². The maximum atomic E-state index is 15.7. The number of ether oxygens (including phenoxy) is 1. The normalized spacial score (nSPS) is 16.3. The van der Waals surface area contributed by atoms with Crippen LogP contribution >= 0.6 is 23.2 Å². The Morgan fingerprint density at radius 2 is 1.82 bits per heavy atom. The van der Waals surface area contributed by atoms with Gasteiger partial charge in [-0.05, 0) is 37.5 Å². The molecule has 5 heterocycles. The summed E-state index contributed by atoms with van der Waals surface area (Å²) in [5, 5.41) is 12.9. The number of benzene rings is 1. The van der Waals surface area contributed by atoms with Gasteiger partial charge in [0.1, 0.15) is 5.82 Å². The van der Waals surface area contributed by atoms with Gasteiger partial charge in [-0.15, -0.1) is 0 Å². The van der Waals surface area contributed by atoms with Crippen LogP contribution in [0.1, 0.15) is 43.7 Å². The molecule has 0 unspecified atom stereocenters. The molecule has 6 rings (SSSR count). The highest BCUT2D eigenvalue weighted by Crippen LogP contribution is 2.41. The second kappa shape index (κ2) is 16.3. The molecule has 1 aromatic carbocycles. The fourth-order valence-corrected chi connectivity index (χ4v) is 6.89. The molecule has 268 valence electrons. The smallest absolute Gasteiger partial charge is 0.221 e. The molecule has 2 fully saturated rings. The zero-order valence-electron chi connectivity index (χ0n) is 28.2. The fourth-order valence-electron chi connectivity index (χ4n) is 6.32. The molecule has 2 amide bonds. The van der Waals surface area contributed by atoms with Crippen molar-refractivity contribution in [1.82, 2.24) is 35.8 Å². The van der Waals surface area contributed by atoms with E-state index in [1.165, 1.54) is 25.6 Å². The summed E-state index contributed by atoms with van der Waals surface area (Å²) in [6.07, 6.45) is 5.83. The van der Waals surface area contributed by atoms with Gasteiger partial charge in [-0.25, -0.2) is 18.7 Å².